The SMILES string of the molecule is CC(C)NCCCc1ncc(C2CCC2)o1. The summed E-state index contributed by atoms with van der Waals surface area (Å²) in [6.45, 7) is 5.37. The fourth-order valence-electron chi connectivity index (χ4n) is 1.95. The first-order valence-corrected chi connectivity index (χ1v) is 6.43. The summed E-state index contributed by atoms with van der Waals surface area (Å²) in [6, 6.07) is 0.565. The van der Waals surface area contributed by atoms with Crippen LogP contribution in [0.4, 0.5) is 0 Å². The molecule has 0 unspecified atom stereocenters. The highest BCUT2D eigenvalue weighted by atomic mass is 16.4. The minimum absolute atomic E-state index is 0.565. The summed E-state index contributed by atoms with van der Waals surface area (Å²) in [5.74, 6) is 2.68. The van der Waals surface area contributed by atoms with Crippen molar-refractivity contribution in [2.75, 3.05) is 6.54 Å². The smallest absolute Gasteiger partial charge is 0.194 e. The van der Waals surface area contributed by atoms with Crippen LogP contribution in [-0.2, 0) is 6.42 Å². The van der Waals surface area contributed by atoms with Crippen LogP contribution < -0.4 is 5.32 Å². The van der Waals surface area contributed by atoms with Gasteiger partial charge in [-0.3, -0.25) is 0 Å². The lowest BCUT2D eigenvalue weighted by atomic mass is 9.84. The van der Waals surface area contributed by atoms with E-state index in [0.717, 1.165) is 31.0 Å². The normalized spacial score (nSPS) is 16.7. The molecule has 0 spiro atoms. The van der Waals surface area contributed by atoms with Crippen molar-refractivity contribution in [3.8, 4) is 0 Å². The summed E-state index contributed by atoms with van der Waals surface area (Å²) in [5, 5.41) is 3.40. The molecule has 1 aliphatic carbocycles. The van der Waals surface area contributed by atoms with E-state index in [4.69, 9.17) is 4.42 Å². The fourth-order valence-corrected chi connectivity index (χ4v) is 1.95. The molecule has 1 aromatic rings. The lowest BCUT2D eigenvalue weighted by molar-refractivity contribution is 0.333. The van der Waals surface area contributed by atoms with Crippen molar-refractivity contribution >= 4 is 0 Å². The number of aromatic nitrogens is 1. The Kier molecular flexibility index (Phi) is 3.99. The Balaban J connectivity index is 1.70. The second-order valence-corrected chi connectivity index (χ2v) is 5.00. The lowest BCUT2D eigenvalue weighted by Crippen LogP contribution is -2.23. The second kappa shape index (κ2) is 5.48. The molecule has 1 saturated carbocycles. The molecule has 1 aliphatic rings. The molecule has 0 aliphatic heterocycles. The van der Waals surface area contributed by atoms with E-state index in [1.807, 2.05) is 6.20 Å². The Labute approximate surface area is 97.6 Å². The third-order valence-electron chi connectivity index (χ3n) is 3.20. The number of hydrogen-bond acceptors (Lipinski definition) is 3. The molecule has 1 fully saturated rings. The first-order valence-electron chi connectivity index (χ1n) is 6.43. The van der Waals surface area contributed by atoms with Crippen molar-refractivity contribution in [1.29, 1.82) is 0 Å². The summed E-state index contributed by atoms with van der Waals surface area (Å²) in [4.78, 5) is 4.34. The summed E-state index contributed by atoms with van der Waals surface area (Å²) in [7, 11) is 0. The third-order valence-corrected chi connectivity index (χ3v) is 3.20. The van der Waals surface area contributed by atoms with E-state index < -0.39 is 0 Å². The molecular formula is C13H22N2O. The molecule has 16 heavy (non-hydrogen) atoms. The molecule has 3 nitrogen and oxygen atoms in total. The van der Waals surface area contributed by atoms with Crippen LogP contribution in [-0.4, -0.2) is 17.6 Å². The minimum Gasteiger partial charge on any atom is -0.445 e. The zero-order chi connectivity index (χ0) is 11.4. The molecule has 0 bridgehead atoms. The fraction of sp³-hybridized carbons (Fsp3) is 0.769. The highest BCUT2D eigenvalue weighted by Gasteiger charge is 2.23. The Morgan fingerprint density at radius 3 is 2.94 bits per heavy atom. The van der Waals surface area contributed by atoms with Crippen molar-refractivity contribution in [3.63, 3.8) is 0 Å². The molecule has 0 amide bonds. The van der Waals surface area contributed by atoms with E-state index in [0.29, 0.717) is 12.0 Å². The number of hydrogen-bond donors (Lipinski definition) is 1. The Morgan fingerprint density at radius 2 is 2.31 bits per heavy atom. The minimum atomic E-state index is 0.565. The van der Waals surface area contributed by atoms with Gasteiger partial charge in [-0.05, 0) is 25.8 Å². The summed E-state index contributed by atoms with van der Waals surface area (Å²) in [6.07, 6.45) is 7.89. The van der Waals surface area contributed by atoms with Crippen LogP contribution in [0.2, 0.25) is 0 Å². The first kappa shape index (κ1) is 11.6. The van der Waals surface area contributed by atoms with Gasteiger partial charge in [-0.25, -0.2) is 4.98 Å². The van der Waals surface area contributed by atoms with Crippen LogP contribution in [0.3, 0.4) is 0 Å². The Bertz CT molecular complexity index is 315. The maximum absolute atomic E-state index is 5.76. The van der Waals surface area contributed by atoms with Gasteiger partial charge >= 0.3 is 0 Å². The quantitative estimate of drug-likeness (QED) is 0.752. The van der Waals surface area contributed by atoms with E-state index in [1.165, 1.54) is 19.3 Å². The highest BCUT2D eigenvalue weighted by Crippen LogP contribution is 2.36. The van der Waals surface area contributed by atoms with Gasteiger partial charge in [-0.2, -0.15) is 0 Å². The zero-order valence-corrected chi connectivity index (χ0v) is 10.3. The Morgan fingerprint density at radius 1 is 1.50 bits per heavy atom. The van der Waals surface area contributed by atoms with Gasteiger partial charge in [0, 0.05) is 18.4 Å². The van der Waals surface area contributed by atoms with Crippen LogP contribution in [0.15, 0.2) is 10.6 Å². The standard InChI is InChI=1S/C13H22N2O/c1-10(2)14-8-4-7-13-15-9-12(16-13)11-5-3-6-11/h9-11,14H,3-8H2,1-2H3. The van der Waals surface area contributed by atoms with Gasteiger partial charge in [-0.1, -0.05) is 20.3 Å². The third kappa shape index (κ3) is 3.08. The van der Waals surface area contributed by atoms with E-state index in [-0.39, 0.29) is 0 Å². The Hall–Kier alpha value is -0.830. The van der Waals surface area contributed by atoms with Crippen molar-refractivity contribution in [1.82, 2.24) is 10.3 Å². The van der Waals surface area contributed by atoms with Crippen LogP contribution in [0.1, 0.15) is 57.1 Å². The predicted octanol–water partition coefficient (Wildman–Crippen LogP) is 2.87. The average Bonchev–Trinajstić information content (AvgIpc) is 2.58. The topological polar surface area (TPSA) is 38.1 Å². The van der Waals surface area contributed by atoms with Gasteiger partial charge in [-0.15, -0.1) is 0 Å². The number of nitrogens with zero attached hydrogens (tertiary/aromatic N) is 1. The van der Waals surface area contributed by atoms with Gasteiger partial charge < -0.3 is 9.73 Å². The molecule has 0 atom stereocenters. The van der Waals surface area contributed by atoms with Crippen molar-refractivity contribution in [2.24, 2.45) is 0 Å². The van der Waals surface area contributed by atoms with Gasteiger partial charge in [0.05, 0.1) is 6.20 Å². The van der Waals surface area contributed by atoms with Crippen LogP contribution in [0, 0.1) is 0 Å². The monoisotopic (exact) mass is 222 g/mol. The molecule has 2 rings (SSSR count). The second-order valence-electron chi connectivity index (χ2n) is 5.00. The van der Waals surface area contributed by atoms with Crippen LogP contribution >= 0.6 is 0 Å². The van der Waals surface area contributed by atoms with E-state index in [1.54, 1.807) is 0 Å². The van der Waals surface area contributed by atoms with E-state index >= 15 is 0 Å². The van der Waals surface area contributed by atoms with Crippen LogP contribution in [0.5, 0.6) is 0 Å². The first-order chi connectivity index (χ1) is 7.75. The molecule has 0 saturated heterocycles. The number of rotatable bonds is 6. The summed E-state index contributed by atoms with van der Waals surface area (Å²) >= 11 is 0. The lowest BCUT2D eigenvalue weighted by Gasteiger charge is -2.22. The molecule has 0 radical (unpaired) electrons. The predicted molar refractivity (Wildman–Crippen MR) is 64.6 cm³/mol. The van der Waals surface area contributed by atoms with Crippen molar-refractivity contribution in [2.45, 2.75) is 57.9 Å². The summed E-state index contributed by atoms with van der Waals surface area (Å²) in [5.41, 5.74) is 0. The number of oxazole rings is 1. The highest BCUT2D eigenvalue weighted by molar-refractivity contribution is 5.05. The summed E-state index contributed by atoms with van der Waals surface area (Å²) < 4.78 is 5.76. The maximum atomic E-state index is 5.76. The molecule has 1 N–H and O–H groups in total. The van der Waals surface area contributed by atoms with E-state index in [9.17, 15) is 0 Å². The molecule has 90 valence electrons. The zero-order valence-electron chi connectivity index (χ0n) is 10.3. The number of aryl methyl sites for hydroxylation is 1. The van der Waals surface area contributed by atoms with Gasteiger partial charge in [0.2, 0.25) is 0 Å². The molecule has 3 heteroatoms. The average molecular weight is 222 g/mol. The molecular weight excluding hydrogens is 200 g/mol. The largest absolute Gasteiger partial charge is 0.445 e. The van der Waals surface area contributed by atoms with Crippen LogP contribution in [0.25, 0.3) is 0 Å². The number of nitrogens with one attached hydrogen (secondary N) is 1. The van der Waals surface area contributed by atoms with Gasteiger partial charge in [0.25, 0.3) is 0 Å². The van der Waals surface area contributed by atoms with E-state index in [2.05, 4.69) is 24.1 Å². The van der Waals surface area contributed by atoms with Crippen molar-refractivity contribution in [3.05, 3.63) is 17.8 Å². The van der Waals surface area contributed by atoms with Gasteiger partial charge in [0.15, 0.2) is 5.89 Å². The molecule has 1 heterocycles. The van der Waals surface area contributed by atoms with Crippen molar-refractivity contribution < 1.29 is 4.42 Å². The molecule has 0 aromatic carbocycles. The molecule has 1 aromatic heterocycles. The van der Waals surface area contributed by atoms with Gasteiger partial charge in [0.1, 0.15) is 5.76 Å². The maximum Gasteiger partial charge on any atom is 0.194 e.